The number of carbonyl (C=O) groups excluding carboxylic acids is 1. The van der Waals surface area contributed by atoms with Crippen molar-refractivity contribution in [2.45, 2.75) is 56.8 Å². The number of fused-ring (bicyclic) bond motifs is 1. The van der Waals surface area contributed by atoms with E-state index in [0.29, 0.717) is 23.2 Å². The Bertz CT molecular complexity index is 866. The molecule has 2 fully saturated rings. The van der Waals surface area contributed by atoms with Gasteiger partial charge in [0.2, 0.25) is 0 Å². The third kappa shape index (κ3) is 3.35. The molecule has 0 bridgehead atoms. The minimum atomic E-state index is -0.504. The van der Waals surface area contributed by atoms with Crippen molar-refractivity contribution in [1.29, 1.82) is 0 Å². The van der Waals surface area contributed by atoms with Crippen molar-refractivity contribution in [3.8, 4) is 11.5 Å². The van der Waals surface area contributed by atoms with Gasteiger partial charge in [0.25, 0.3) is 11.7 Å². The maximum absolute atomic E-state index is 12.6. The van der Waals surface area contributed by atoms with E-state index in [4.69, 9.17) is 9.47 Å². The van der Waals surface area contributed by atoms with E-state index in [9.17, 15) is 4.79 Å². The molecule has 1 aromatic carbocycles. The van der Waals surface area contributed by atoms with E-state index in [0.717, 1.165) is 57.4 Å². The molecule has 3 aliphatic rings. The first-order valence-electron chi connectivity index (χ1n) is 10.3. The number of amides is 1. The number of nitrogens with one attached hydrogen (secondary N) is 2. The first-order chi connectivity index (χ1) is 13.7. The zero-order valence-corrected chi connectivity index (χ0v) is 15.9. The Hall–Kier alpha value is -2.54. The third-order valence-corrected chi connectivity index (χ3v) is 5.89. The average molecular weight is 382 g/mol. The number of carbonyl (C=O) groups is 1. The summed E-state index contributed by atoms with van der Waals surface area (Å²) in [4.78, 5) is 12.6. The topological polar surface area (TPSA) is 77.4 Å². The van der Waals surface area contributed by atoms with Gasteiger partial charge < -0.3 is 20.1 Å². The lowest BCUT2D eigenvalue weighted by molar-refractivity contribution is -0.105. The van der Waals surface area contributed by atoms with Crippen LogP contribution in [-0.4, -0.2) is 34.6 Å². The standard InChI is InChI=1S/C21H26N4O3/c26-20(17-8-12-25(24-17)16-5-4-11-22-14-16)23-15-6-7-18-19(13-15)28-21(27-18)9-2-1-3-10-21/h6-8,12-13,16,22H,1-5,9-11,14H2,(H,23,26). The second-order valence-electron chi connectivity index (χ2n) is 7.97. The second kappa shape index (κ2) is 7.13. The van der Waals surface area contributed by atoms with Gasteiger partial charge in [-0.3, -0.25) is 9.48 Å². The van der Waals surface area contributed by atoms with Gasteiger partial charge in [-0.15, -0.1) is 0 Å². The SMILES string of the molecule is O=C(Nc1ccc2c(c1)OC1(CCCCC1)O2)c1ccn(C2CCCNC2)n1. The van der Waals surface area contributed by atoms with Gasteiger partial charge >= 0.3 is 0 Å². The highest BCUT2D eigenvalue weighted by molar-refractivity contribution is 6.02. The van der Waals surface area contributed by atoms with Crippen LogP contribution < -0.4 is 20.1 Å². The molecule has 1 amide bonds. The highest BCUT2D eigenvalue weighted by Crippen LogP contribution is 2.46. The summed E-state index contributed by atoms with van der Waals surface area (Å²) in [6.07, 6.45) is 9.40. The number of ether oxygens (including phenoxy) is 2. The average Bonchev–Trinajstić information content (AvgIpc) is 3.34. The van der Waals surface area contributed by atoms with E-state index in [1.807, 2.05) is 29.1 Å². The molecule has 1 aliphatic carbocycles. The van der Waals surface area contributed by atoms with Crippen LogP contribution >= 0.6 is 0 Å². The largest absolute Gasteiger partial charge is 0.448 e. The van der Waals surface area contributed by atoms with Gasteiger partial charge in [-0.25, -0.2) is 0 Å². The smallest absolute Gasteiger partial charge is 0.276 e. The molecule has 1 saturated carbocycles. The van der Waals surface area contributed by atoms with Crippen molar-refractivity contribution in [2.75, 3.05) is 18.4 Å². The molecule has 5 rings (SSSR count). The van der Waals surface area contributed by atoms with E-state index in [1.54, 1.807) is 6.07 Å². The van der Waals surface area contributed by atoms with E-state index >= 15 is 0 Å². The summed E-state index contributed by atoms with van der Waals surface area (Å²) < 4.78 is 14.1. The molecule has 7 nitrogen and oxygen atoms in total. The number of rotatable bonds is 3. The Morgan fingerprint density at radius 2 is 2.00 bits per heavy atom. The summed E-state index contributed by atoms with van der Waals surface area (Å²) in [6.45, 7) is 1.95. The molecule has 1 saturated heterocycles. The molecule has 2 aliphatic heterocycles. The predicted molar refractivity (Wildman–Crippen MR) is 105 cm³/mol. The summed E-state index contributed by atoms with van der Waals surface area (Å²) in [7, 11) is 0. The Kier molecular flexibility index (Phi) is 4.47. The van der Waals surface area contributed by atoms with Crippen LogP contribution in [0, 0.1) is 0 Å². The number of aromatic nitrogens is 2. The molecule has 0 radical (unpaired) electrons. The van der Waals surface area contributed by atoms with Gasteiger partial charge in [0, 0.05) is 37.3 Å². The molecule has 1 atom stereocenters. The zero-order chi connectivity index (χ0) is 19.0. The molecule has 7 heteroatoms. The minimum absolute atomic E-state index is 0.214. The molecule has 1 aromatic heterocycles. The van der Waals surface area contributed by atoms with Gasteiger partial charge in [0.15, 0.2) is 17.2 Å². The summed E-state index contributed by atoms with van der Waals surface area (Å²) in [5.41, 5.74) is 1.11. The first kappa shape index (κ1) is 17.6. The van der Waals surface area contributed by atoms with Crippen LogP contribution in [0.5, 0.6) is 11.5 Å². The number of nitrogens with zero attached hydrogens (tertiary/aromatic N) is 2. The number of benzene rings is 1. The predicted octanol–water partition coefficient (Wildman–Crippen LogP) is 3.49. The summed E-state index contributed by atoms with van der Waals surface area (Å²) in [6, 6.07) is 7.66. The molecule has 28 heavy (non-hydrogen) atoms. The lowest BCUT2D eigenvalue weighted by Gasteiger charge is -2.31. The molecule has 1 spiro atoms. The van der Waals surface area contributed by atoms with E-state index in [-0.39, 0.29) is 5.91 Å². The fourth-order valence-corrected chi connectivity index (χ4v) is 4.38. The summed E-state index contributed by atoms with van der Waals surface area (Å²) in [5, 5.41) is 10.8. The van der Waals surface area contributed by atoms with Crippen molar-refractivity contribution in [1.82, 2.24) is 15.1 Å². The highest BCUT2D eigenvalue weighted by atomic mass is 16.7. The number of anilines is 1. The van der Waals surface area contributed by atoms with Crippen LogP contribution in [0.2, 0.25) is 0 Å². The van der Waals surface area contributed by atoms with Crippen LogP contribution in [0.25, 0.3) is 0 Å². The Balaban J connectivity index is 1.26. The monoisotopic (exact) mass is 382 g/mol. The van der Waals surface area contributed by atoms with Crippen LogP contribution in [0.1, 0.15) is 61.5 Å². The molecule has 1 unspecified atom stereocenters. The summed E-state index contributed by atoms with van der Waals surface area (Å²) >= 11 is 0. The van der Waals surface area contributed by atoms with Crippen molar-refractivity contribution in [2.24, 2.45) is 0 Å². The molecular formula is C21H26N4O3. The second-order valence-corrected chi connectivity index (χ2v) is 7.97. The number of hydrogen-bond donors (Lipinski definition) is 2. The van der Waals surface area contributed by atoms with Crippen molar-refractivity contribution >= 4 is 11.6 Å². The first-order valence-corrected chi connectivity index (χ1v) is 10.3. The van der Waals surface area contributed by atoms with Crippen LogP contribution in [0.4, 0.5) is 5.69 Å². The molecular weight excluding hydrogens is 356 g/mol. The lowest BCUT2D eigenvalue weighted by atomic mass is 9.94. The Morgan fingerprint density at radius 1 is 1.14 bits per heavy atom. The van der Waals surface area contributed by atoms with Crippen molar-refractivity contribution in [3.63, 3.8) is 0 Å². The fourth-order valence-electron chi connectivity index (χ4n) is 4.38. The van der Waals surface area contributed by atoms with Gasteiger partial charge in [0.05, 0.1) is 6.04 Å². The highest BCUT2D eigenvalue weighted by Gasteiger charge is 2.42. The van der Waals surface area contributed by atoms with Crippen LogP contribution in [0.15, 0.2) is 30.5 Å². The van der Waals surface area contributed by atoms with Crippen molar-refractivity contribution < 1.29 is 14.3 Å². The van der Waals surface area contributed by atoms with Gasteiger partial charge in [-0.1, -0.05) is 6.42 Å². The lowest BCUT2D eigenvalue weighted by Crippen LogP contribution is -2.40. The molecule has 3 heterocycles. The van der Waals surface area contributed by atoms with Crippen LogP contribution in [-0.2, 0) is 0 Å². The van der Waals surface area contributed by atoms with E-state index in [2.05, 4.69) is 15.7 Å². The number of hydrogen-bond acceptors (Lipinski definition) is 5. The Labute approximate surface area is 164 Å². The van der Waals surface area contributed by atoms with Crippen molar-refractivity contribution in [3.05, 3.63) is 36.2 Å². The fraction of sp³-hybridized carbons (Fsp3) is 0.524. The zero-order valence-electron chi connectivity index (χ0n) is 15.9. The summed E-state index contributed by atoms with van der Waals surface area (Å²) in [5.74, 6) is 0.747. The quantitative estimate of drug-likeness (QED) is 0.850. The van der Waals surface area contributed by atoms with E-state index < -0.39 is 5.79 Å². The maximum Gasteiger partial charge on any atom is 0.276 e. The molecule has 148 valence electrons. The number of piperidine rings is 1. The normalized spacial score (nSPS) is 22.9. The third-order valence-electron chi connectivity index (χ3n) is 5.89. The molecule has 2 N–H and O–H groups in total. The maximum atomic E-state index is 12.6. The molecule has 2 aromatic rings. The Morgan fingerprint density at radius 3 is 2.82 bits per heavy atom. The van der Waals surface area contributed by atoms with Gasteiger partial charge in [0.1, 0.15) is 0 Å². The van der Waals surface area contributed by atoms with Gasteiger partial charge in [-0.05, 0) is 50.4 Å². The van der Waals surface area contributed by atoms with E-state index in [1.165, 1.54) is 6.42 Å². The van der Waals surface area contributed by atoms with Gasteiger partial charge in [-0.2, -0.15) is 5.10 Å². The minimum Gasteiger partial charge on any atom is -0.448 e. The van der Waals surface area contributed by atoms with Crippen LogP contribution in [0.3, 0.4) is 0 Å².